The summed E-state index contributed by atoms with van der Waals surface area (Å²) in [6, 6.07) is 3.52. The van der Waals surface area contributed by atoms with Crippen LogP contribution in [0.4, 0.5) is 0 Å². The van der Waals surface area contributed by atoms with E-state index in [2.05, 4.69) is 14.9 Å². The predicted octanol–water partition coefficient (Wildman–Crippen LogP) is 1.62. The molecule has 120 valence electrons. The minimum Gasteiger partial charge on any atom is -0.312 e. The average Bonchev–Trinajstić information content (AvgIpc) is 3.06. The van der Waals surface area contributed by atoms with Gasteiger partial charge in [-0.15, -0.1) is 11.3 Å². The van der Waals surface area contributed by atoms with Crippen LogP contribution >= 0.6 is 11.3 Å². The number of hydrogen-bond acceptors (Lipinski definition) is 5. The molecule has 2 rings (SSSR count). The third-order valence-electron chi connectivity index (χ3n) is 3.54. The standard InChI is InChI=1S/C14H25N3O2S2/c1-3-15-10-13-6-7-14(20-13)21(18,19)16-12(2)11-17-8-4-5-9-17/h6-7,12,15-16H,3-5,8-11H2,1-2H3. The molecule has 1 aromatic rings. The number of nitrogens with one attached hydrogen (secondary N) is 2. The van der Waals surface area contributed by atoms with Crippen LogP contribution in [-0.2, 0) is 16.6 Å². The molecule has 1 fully saturated rings. The van der Waals surface area contributed by atoms with Crippen LogP contribution in [-0.4, -0.2) is 45.5 Å². The van der Waals surface area contributed by atoms with Gasteiger partial charge in [0.1, 0.15) is 4.21 Å². The van der Waals surface area contributed by atoms with Crippen LogP contribution in [0.25, 0.3) is 0 Å². The third-order valence-corrected chi connectivity index (χ3v) is 6.70. The number of likely N-dealkylation sites (tertiary alicyclic amines) is 1. The van der Waals surface area contributed by atoms with E-state index in [9.17, 15) is 8.42 Å². The topological polar surface area (TPSA) is 61.4 Å². The number of hydrogen-bond donors (Lipinski definition) is 2. The normalized spacial score (nSPS) is 18.2. The smallest absolute Gasteiger partial charge is 0.250 e. The SMILES string of the molecule is CCNCc1ccc(S(=O)(=O)NC(C)CN2CCCC2)s1. The lowest BCUT2D eigenvalue weighted by atomic mass is 10.3. The first-order valence-corrected chi connectivity index (χ1v) is 9.85. The zero-order chi connectivity index (χ0) is 15.3. The van der Waals surface area contributed by atoms with Gasteiger partial charge in [0.05, 0.1) is 0 Å². The van der Waals surface area contributed by atoms with Gasteiger partial charge in [-0.2, -0.15) is 0 Å². The van der Waals surface area contributed by atoms with Crippen LogP contribution in [0.5, 0.6) is 0 Å². The average molecular weight is 332 g/mol. The molecule has 1 atom stereocenters. The highest BCUT2D eigenvalue weighted by Crippen LogP contribution is 2.21. The minimum absolute atomic E-state index is 0.0626. The minimum atomic E-state index is -3.39. The highest BCUT2D eigenvalue weighted by atomic mass is 32.2. The van der Waals surface area contributed by atoms with E-state index in [1.165, 1.54) is 24.2 Å². The molecule has 1 aliphatic rings. The zero-order valence-corrected chi connectivity index (χ0v) is 14.4. The van der Waals surface area contributed by atoms with Gasteiger partial charge in [0.15, 0.2) is 0 Å². The van der Waals surface area contributed by atoms with Crippen molar-refractivity contribution in [2.75, 3.05) is 26.2 Å². The molecule has 1 aromatic heterocycles. The van der Waals surface area contributed by atoms with Crippen molar-refractivity contribution in [3.05, 3.63) is 17.0 Å². The quantitative estimate of drug-likeness (QED) is 0.760. The molecule has 2 heterocycles. The molecule has 21 heavy (non-hydrogen) atoms. The molecule has 0 amide bonds. The summed E-state index contributed by atoms with van der Waals surface area (Å²) >= 11 is 1.34. The van der Waals surface area contributed by atoms with Gasteiger partial charge in [0.2, 0.25) is 10.0 Å². The molecule has 0 aliphatic carbocycles. The lowest BCUT2D eigenvalue weighted by Crippen LogP contribution is -2.40. The molecule has 0 radical (unpaired) electrons. The maximum atomic E-state index is 12.4. The Morgan fingerprint density at radius 2 is 2.05 bits per heavy atom. The van der Waals surface area contributed by atoms with Crippen LogP contribution in [0.1, 0.15) is 31.6 Å². The van der Waals surface area contributed by atoms with Gasteiger partial charge >= 0.3 is 0 Å². The Balaban J connectivity index is 1.92. The lowest BCUT2D eigenvalue weighted by Gasteiger charge is -2.20. The Hall–Kier alpha value is -0.470. The second-order valence-corrected chi connectivity index (χ2v) is 8.64. The van der Waals surface area contributed by atoms with Crippen LogP contribution in [0.15, 0.2) is 16.3 Å². The van der Waals surface area contributed by atoms with Gasteiger partial charge in [-0.1, -0.05) is 6.92 Å². The first kappa shape index (κ1) is 16.9. The lowest BCUT2D eigenvalue weighted by molar-refractivity contribution is 0.313. The summed E-state index contributed by atoms with van der Waals surface area (Å²) in [5.74, 6) is 0. The van der Waals surface area contributed by atoms with Crippen LogP contribution in [0.2, 0.25) is 0 Å². The van der Waals surface area contributed by atoms with Gasteiger partial charge in [0, 0.05) is 24.0 Å². The van der Waals surface area contributed by atoms with Crippen LogP contribution in [0, 0.1) is 0 Å². The molecular weight excluding hydrogens is 306 g/mol. The van der Waals surface area contributed by atoms with Crippen LogP contribution in [0.3, 0.4) is 0 Å². The molecule has 1 unspecified atom stereocenters. The molecule has 0 aromatic carbocycles. The Bertz CT molecular complexity index is 536. The molecule has 0 spiro atoms. The van der Waals surface area contributed by atoms with E-state index in [0.29, 0.717) is 4.21 Å². The van der Waals surface area contributed by atoms with E-state index >= 15 is 0 Å². The van der Waals surface area contributed by atoms with Gasteiger partial charge in [0.25, 0.3) is 0 Å². The fourth-order valence-corrected chi connectivity index (χ4v) is 5.14. The first-order valence-electron chi connectivity index (χ1n) is 7.55. The molecule has 1 saturated heterocycles. The molecule has 5 nitrogen and oxygen atoms in total. The van der Waals surface area contributed by atoms with Crippen molar-refractivity contribution in [2.45, 2.75) is 43.5 Å². The van der Waals surface area contributed by atoms with Crippen molar-refractivity contribution in [1.82, 2.24) is 14.9 Å². The molecule has 7 heteroatoms. The molecule has 2 N–H and O–H groups in total. The van der Waals surface area contributed by atoms with Crippen molar-refractivity contribution in [3.63, 3.8) is 0 Å². The number of thiophene rings is 1. The van der Waals surface area contributed by atoms with E-state index in [1.54, 1.807) is 6.07 Å². The number of rotatable bonds is 8. The van der Waals surface area contributed by atoms with E-state index < -0.39 is 10.0 Å². The van der Waals surface area contributed by atoms with Gasteiger partial charge < -0.3 is 10.2 Å². The van der Waals surface area contributed by atoms with Gasteiger partial charge in [-0.25, -0.2) is 13.1 Å². The second-order valence-electron chi connectivity index (χ2n) is 5.53. The van der Waals surface area contributed by atoms with Crippen molar-refractivity contribution < 1.29 is 8.42 Å². The molecule has 0 saturated carbocycles. The summed E-state index contributed by atoms with van der Waals surface area (Å²) < 4.78 is 27.9. The van der Waals surface area contributed by atoms with Crippen molar-refractivity contribution in [2.24, 2.45) is 0 Å². The Morgan fingerprint density at radius 3 is 2.71 bits per heavy atom. The van der Waals surface area contributed by atoms with Crippen molar-refractivity contribution >= 4 is 21.4 Å². The fraction of sp³-hybridized carbons (Fsp3) is 0.714. The third kappa shape index (κ3) is 5.03. The summed E-state index contributed by atoms with van der Waals surface area (Å²) in [6.07, 6.45) is 2.44. The second kappa shape index (κ2) is 7.69. The predicted molar refractivity (Wildman–Crippen MR) is 87.2 cm³/mol. The van der Waals surface area contributed by atoms with Crippen molar-refractivity contribution in [1.29, 1.82) is 0 Å². The zero-order valence-electron chi connectivity index (χ0n) is 12.8. The fourth-order valence-electron chi connectivity index (χ4n) is 2.56. The maximum Gasteiger partial charge on any atom is 0.250 e. The van der Waals surface area contributed by atoms with E-state index in [4.69, 9.17) is 0 Å². The molecule has 1 aliphatic heterocycles. The van der Waals surface area contributed by atoms with Gasteiger partial charge in [-0.3, -0.25) is 0 Å². The van der Waals surface area contributed by atoms with E-state index in [0.717, 1.165) is 37.6 Å². The van der Waals surface area contributed by atoms with Crippen molar-refractivity contribution in [3.8, 4) is 0 Å². The Morgan fingerprint density at radius 1 is 1.33 bits per heavy atom. The summed E-state index contributed by atoms with van der Waals surface area (Å²) in [5.41, 5.74) is 0. The number of nitrogens with zero attached hydrogens (tertiary/aromatic N) is 1. The van der Waals surface area contributed by atoms with Crippen LogP contribution < -0.4 is 10.0 Å². The van der Waals surface area contributed by atoms with E-state index in [-0.39, 0.29) is 6.04 Å². The number of sulfonamides is 1. The Kier molecular flexibility index (Phi) is 6.19. The summed E-state index contributed by atoms with van der Waals surface area (Å²) in [6.45, 7) is 8.52. The first-order chi connectivity index (χ1) is 10.0. The largest absolute Gasteiger partial charge is 0.312 e. The molecule has 0 bridgehead atoms. The highest BCUT2D eigenvalue weighted by Gasteiger charge is 2.22. The highest BCUT2D eigenvalue weighted by molar-refractivity contribution is 7.91. The summed E-state index contributed by atoms with van der Waals surface area (Å²) in [5, 5.41) is 3.21. The van der Waals surface area contributed by atoms with E-state index in [1.807, 2.05) is 19.9 Å². The van der Waals surface area contributed by atoms with Gasteiger partial charge in [-0.05, 0) is 51.5 Å². The summed E-state index contributed by atoms with van der Waals surface area (Å²) in [4.78, 5) is 3.36. The maximum absolute atomic E-state index is 12.4. The monoisotopic (exact) mass is 331 g/mol. The Labute approximate surface area is 131 Å². The summed E-state index contributed by atoms with van der Waals surface area (Å²) in [7, 11) is -3.39. The molecular formula is C14H25N3O2S2.